The minimum absolute atomic E-state index is 0.106. The third kappa shape index (κ3) is 3.98. The molecule has 0 unspecified atom stereocenters. The topological polar surface area (TPSA) is 88.4 Å². The summed E-state index contributed by atoms with van der Waals surface area (Å²) in [5.74, 6) is 0. The van der Waals surface area contributed by atoms with Crippen LogP contribution in [0.4, 0.5) is 11.4 Å². The zero-order chi connectivity index (χ0) is 19.6. The van der Waals surface area contributed by atoms with Crippen LogP contribution in [0.1, 0.15) is 24.5 Å². The van der Waals surface area contributed by atoms with E-state index >= 15 is 0 Å². The van der Waals surface area contributed by atoms with Crippen molar-refractivity contribution >= 4 is 32.4 Å². The molecular formula is C20H22N2O4S. The van der Waals surface area contributed by atoms with Crippen LogP contribution >= 0.6 is 0 Å². The fourth-order valence-corrected chi connectivity index (χ4v) is 4.21. The van der Waals surface area contributed by atoms with E-state index in [0.29, 0.717) is 23.2 Å². The molecule has 1 heterocycles. The van der Waals surface area contributed by atoms with Gasteiger partial charge in [0.05, 0.1) is 10.6 Å². The lowest BCUT2D eigenvalue weighted by atomic mass is 10.2. The Bertz CT molecular complexity index is 1130. The standard InChI is InChI=1S/C20H22N2O4S/c1-4-9-21-18-16-7-5-6-8-17(16)26-20(23)19(18)22-27(24,25)15-11-13(2)10-14(3)12-15/h5-8,10-12,21-22H,4,9H2,1-3H3. The Kier molecular flexibility index (Phi) is 5.23. The van der Waals surface area contributed by atoms with Gasteiger partial charge in [-0.2, -0.15) is 0 Å². The van der Waals surface area contributed by atoms with Crippen LogP contribution in [0, 0.1) is 13.8 Å². The summed E-state index contributed by atoms with van der Waals surface area (Å²) < 4.78 is 33.6. The molecule has 0 saturated heterocycles. The van der Waals surface area contributed by atoms with Gasteiger partial charge in [0.25, 0.3) is 10.0 Å². The van der Waals surface area contributed by atoms with Crippen molar-refractivity contribution in [3.05, 3.63) is 64.0 Å². The van der Waals surface area contributed by atoms with E-state index in [1.807, 2.05) is 32.9 Å². The average molecular weight is 386 g/mol. The molecule has 0 radical (unpaired) electrons. The zero-order valence-electron chi connectivity index (χ0n) is 15.5. The lowest BCUT2D eigenvalue weighted by Crippen LogP contribution is -2.21. The van der Waals surface area contributed by atoms with Crippen molar-refractivity contribution in [2.45, 2.75) is 32.1 Å². The fourth-order valence-electron chi connectivity index (χ4n) is 2.96. The second kappa shape index (κ2) is 7.44. The summed E-state index contributed by atoms with van der Waals surface area (Å²) in [7, 11) is -3.95. The Labute approximate surface area is 158 Å². The number of aryl methyl sites for hydroxylation is 2. The molecule has 7 heteroatoms. The van der Waals surface area contributed by atoms with Crippen LogP contribution in [-0.4, -0.2) is 15.0 Å². The van der Waals surface area contributed by atoms with Gasteiger partial charge >= 0.3 is 5.63 Å². The van der Waals surface area contributed by atoms with Gasteiger partial charge in [-0.05, 0) is 55.7 Å². The van der Waals surface area contributed by atoms with E-state index < -0.39 is 15.6 Å². The van der Waals surface area contributed by atoms with Gasteiger partial charge in [-0.15, -0.1) is 0 Å². The van der Waals surface area contributed by atoms with E-state index in [1.54, 1.807) is 30.3 Å². The highest BCUT2D eigenvalue weighted by molar-refractivity contribution is 7.92. The van der Waals surface area contributed by atoms with Crippen molar-refractivity contribution in [1.82, 2.24) is 0 Å². The number of hydrogen-bond acceptors (Lipinski definition) is 5. The molecule has 2 N–H and O–H groups in total. The molecule has 0 aliphatic heterocycles. The third-order valence-corrected chi connectivity index (χ3v) is 5.44. The molecule has 0 saturated carbocycles. The molecule has 2 aromatic carbocycles. The molecule has 27 heavy (non-hydrogen) atoms. The van der Waals surface area contributed by atoms with E-state index in [1.165, 1.54) is 0 Å². The first-order valence-electron chi connectivity index (χ1n) is 8.72. The lowest BCUT2D eigenvalue weighted by molar-refractivity contribution is 0.563. The normalized spacial score (nSPS) is 11.5. The van der Waals surface area contributed by atoms with Gasteiger partial charge < -0.3 is 9.73 Å². The number of sulfonamides is 1. The number of hydrogen-bond donors (Lipinski definition) is 2. The van der Waals surface area contributed by atoms with Crippen molar-refractivity contribution in [1.29, 1.82) is 0 Å². The van der Waals surface area contributed by atoms with Crippen LogP contribution in [0.25, 0.3) is 11.0 Å². The summed E-state index contributed by atoms with van der Waals surface area (Å²) in [6.45, 7) is 6.22. The Balaban J connectivity index is 2.15. The highest BCUT2D eigenvalue weighted by atomic mass is 32.2. The molecular weight excluding hydrogens is 364 g/mol. The van der Waals surface area contributed by atoms with Gasteiger partial charge in [-0.25, -0.2) is 13.2 Å². The zero-order valence-corrected chi connectivity index (χ0v) is 16.3. The predicted octanol–water partition coefficient (Wildman–Crippen LogP) is 4.03. The molecule has 0 atom stereocenters. The molecule has 1 aromatic heterocycles. The number of nitrogens with one attached hydrogen (secondary N) is 2. The first-order chi connectivity index (χ1) is 12.8. The maximum absolute atomic E-state index is 12.9. The minimum atomic E-state index is -3.95. The molecule has 0 spiro atoms. The van der Waals surface area contributed by atoms with Crippen LogP contribution in [0.3, 0.4) is 0 Å². The number of rotatable bonds is 6. The highest BCUT2D eigenvalue weighted by Gasteiger charge is 2.22. The van der Waals surface area contributed by atoms with Crippen LogP contribution in [0.5, 0.6) is 0 Å². The molecule has 142 valence electrons. The molecule has 0 bridgehead atoms. The molecule has 6 nitrogen and oxygen atoms in total. The van der Waals surface area contributed by atoms with Gasteiger partial charge in [-0.3, -0.25) is 4.72 Å². The second-order valence-corrected chi connectivity index (χ2v) is 8.17. The van der Waals surface area contributed by atoms with E-state index in [0.717, 1.165) is 17.5 Å². The smallest absolute Gasteiger partial charge is 0.363 e. The molecule has 3 aromatic rings. The van der Waals surface area contributed by atoms with Gasteiger partial charge in [-0.1, -0.05) is 25.1 Å². The van der Waals surface area contributed by atoms with Crippen molar-refractivity contribution in [3.63, 3.8) is 0 Å². The fraction of sp³-hybridized carbons (Fsp3) is 0.250. The SMILES string of the molecule is CCCNc1c(NS(=O)(=O)c2cc(C)cc(C)c2)c(=O)oc2ccccc12. The average Bonchev–Trinajstić information content (AvgIpc) is 2.60. The Morgan fingerprint density at radius 3 is 2.33 bits per heavy atom. The van der Waals surface area contributed by atoms with Crippen molar-refractivity contribution in [3.8, 4) is 0 Å². The van der Waals surface area contributed by atoms with Crippen LogP contribution in [0.15, 0.2) is 56.6 Å². The number of benzene rings is 2. The number of fused-ring (bicyclic) bond motifs is 1. The lowest BCUT2D eigenvalue weighted by Gasteiger charge is -2.15. The van der Waals surface area contributed by atoms with Gasteiger partial charge in [0.15, 0.2) is 5.69 Å². The molecule has 0 aliphatic carbocycles. The summed E-state index contributed by atoms with van der Waals surface area (Å²) in [6, 6.07) is 12.0. The largest absolute Gasteiger partial charge is 0.421 e. The molecule has 0 aliphatic rings. The van der Waals surface area contributed by atoms with Crippen LogP contribution in [0.2, 0.25) is 0 Å². The molecule has 0 amide bonds. The van der Waals surface area contributed by atoms with Gasteiger partial charge in [0.2, 0.25) is 0 Å². The third-order valence-electron chi connectivity index (χ3n) is 4.11. The summed E-state index contributed by atoms with van der Waals surface area (Å²) >= 11 is 0. The Morgan fingerprint density at radius 2 is 1.67 bits per heavy atom. The quantitative estimate of drug-likeness (QED) is 0.625. The maximum Gasteiger partial charge on any atom is 0.363 e. The van der Waals surface area contributed by atoms with E-state index in [4.69, 9.17) is 4.42 Å². The summed E-state index contributed by atoms with van der Waals surface area (Å²) in [4.78, 5) is 12.6. The van der Waals surface area contributed by atoms with E-state index in [9.17, 15) is 13.2 Å². The molecule has 3 rings (SSSR count). The highest BCUT2D eigenvalue weighted by Crippen LogP contribution is 2.30. The summed E-state index contributed by atoms with van der Waals surface area (Å²) in [5, 5.41) is 3.80. The maximum atomic E-state index is 12.9. The summed E-state index contributed by atoms with van der Waals surface area (Å²) in [5.41, 5.74) is 1.63. The Morgan fingerprint density at radius 1 is 1.00 bits per heavy atom. The monoisotopic (exact) mass is 386 g/mol. The predicted molar refractivity (Wildman–Crippen MR) is 108 cm³/mol. The first-order valence-corrected chi connectivity index (χ1v) is 10.2. The molecule has 0 fully saturated rings. The second-order valence-electron chi connectivity index (χ2n) is 6.49. The Hall–Kier alpha value is -2.80. The van der Waals surface area contributed by atoms with Crippen molar-refractivity contribution < 1.29 is 12.8 Å². The van der Waals surface area contributed by atoms with Gasteiger partial charge in [0, 0.05) is 11.9 Å². The van der Waals surface area contributed by atoms with Gasteiger partial charge in [0.1, 0.15) is 5.58 Å². The van der Waals surface area contributed by atoms with Crippen molar-refractivity contribution in [2.24, 2.45) is 0 Å². The van der Waals surface area contributed by atoms with Crippen LogP contribution in [-0.2, 0) is 10.0 Å². The van der Waals surface area contributed by atoms with E-state index in [-0.39, 0.29) is 10.6 Å². The van der Waals surface area contributed by atoms with Crippen LogP contribution < -0.4 is 15.7 Å². The minimum Gasteiger partial charge on any atom is -0.421 e. The summed E-state index contributed by atoms with van der Waals surface area (Å²) in [6.07, 6.45) is 0.817. The number of anilines is 2. The van der Waals surface area contributed by atoms with Crippen molar-refractivity contribution in [2.75, 3.05) is 16.6 Å². The first kappa shape index (κ1) is 19.0. The number of para-hydroxylation sites is 1. The van der Waals surface area contributed by atoms with E-state index in [2.05, 4.69) is 10.0 Å².